The van der Waals surface area contributed by atoms with Gasteiger partial charge in [0.25, 0.3) is 0 Å². The lowest BCUT2D eigenvalue weighted by molar-refractivity contribution is 0.670. The molecule has 15 rings (SSSR count). The first-order chi connectivity index (χ1) is 37.2. The predicted molar refractivity (Wildman–Crippen MR) is 308 cm³/mol. The minimum absolute atomic E-state index is 0.517. The summed E-state index contributed by atoms with van der Waals surface area (Å²) >= 11 is 0. The van der Waals surface area contributed by atoms with E-state index >= 15 is 0 Å². The monoisotopic (exact) mass is 957 g/mol. The summed E-state index contributed by atoms with van der Waals surface area (Å²) in [5.74, 6) is 1.66. The van der Waals surface area contributed by atoms with Gasteiger partial charge in [-0.2, -0.15) is 9.97 Å². The number of para-hydroxylation sites is 6. The third kappa shape index (κ3) is 6.99. The smallest absolute Gasteiger partial charge is 0.238 e. The molecule has 11 aromatic carbocycles. The number of hydrogen-bond acceptors (Lipinski definition) is 4. The van der Waals surface area contributed by atoms with Crippen molar-refractivity contribution in [3.05, 3.63) is 261 Å². The van der Waals surface area contributed by atoms with Crippen molar-refractivity contribution in [3.8, 4) is 78.9 Å². The Morgan fingerprint density at radius 2 is 0.760 bits per heavy atom. The molecule has 4 aromatic heterocycles. The Balaban J connectivity index is 0.946. The van der Waals surface area contributed by atoms with Crippen molar-refractivity contribution in [2.24, 2.45) is 0 Å². The van der Waals surface area contributed by atoms with Crippen LogP contribution in [0.3, 0.4) is 0 Å². The minimum Gasteiger partial charge on any atom is -0.455 e. The zero-order valence-corrected chi connectivity index (χ0v) is 40.5. The van der Waals surface area contributed by atoms with Gasteiger partial charge in [-0.3, -0.25) is 4.57 Å². The van der Waals surface area contributed by atoms with Crippen LogP contribution in [0, 0.1) is 0 Å². The Bertz CT molecular complexity index is 4650. The summed E-state index contributed by atoms with van der Waals surface area (Å²) in [7, 11) is 0. The van der Waals surface area contributed by atoms with E-state index in [1.54, 1.807) is 0 Å². The zero-order valence-electron chi connectivity index (χ0n) is 40.5. The molecule has 0 fully saturated rings. The molecular weight excluding hydrogens is 915 g/mol. The third-order valence-corrected chi connectivity index (χ3v) is 14.8. The maximum absolute atomic E-state index is 6.69. The molecule has 350 valence electrons. The number of aromatic nitrogens is 5. The van der Waals surface area contributed by atoms with E-state index in [1.807, 2.05) is 18.2 Å². The second-order valence-corrected chi connectivity index (χ2v) is 19.1. The molecule has 0 amide bonds. The zero-order chi connectivity index (χ0) is 49.4. The summed E-state index contributed by atoms with van der Waals surface area (Å²) in [4.78, 5) is 16.3. The van der Waals surface area contributed by atoms with Crippen molar-refractivity contribution < 1.29 is 4.42 Å². The number of fused-ring (bicyclic) bond motifs is 9. The van der Waals surface area contributed by atoms with E-state index < -0.39 is 0 Å². The molecule has 0 saturated heterocycles. The first-order valence-corrected chi connectivity index (χ1v) is 25.3. The first kappa shape index (κ1) is 42.5. The second kappa shape index (κ2) is 17.3. The van der Waals surface area contributed by atoms with Crippen molar-refractivity contribution in [1.29, 1.82) is 0 Å². The summed E-state index contributed by atoms with van der Waals surface area (Å²) in [6.07, 6.45) is 0. The molecule has 6 heteroatoms. The van der Waals surface area contributed by atoms with Gasteiger partial charge in [-0.15, -0.1) is 0 Å². The second-order valence-electron chi connectivity index (χ2n) is 19.1. The number of benzene rings is 11. The molecule has 6 nitrogen and oxygen atoms in total. The van der Waals surface area contributed by atoms with E-state index in [9.17, 15) is 0 Å². The highest BCUT2D eigenvalue weighted by molar-refractivity contribution is 6.17. The van der Waals surface area contributed by atoms with Gasteiger partial charge in [0, 0.05) is 60.1 Å². The Morgan fingerprint density at radius 1 is 0.280 bits per heavy atom. The van der Waals surface area contributed by atoms with Crippen LogP contribution in [0.2, 0.25) is 0 Å². The van der Waals surface area contributed by atoms with Crippen LogP contribution in [-0.2, 0) is 0 Å². The molecule has 0 N–H and O–H groups in total. The van der Waals surface area contributed by atoms with Gasteiger partial charge < -0.3 is 8.98 Å². The molecule has 75 heavy (non-hydrogen) atoms. The van der Waals surface area contributed by atoms with Crippen molar-refractivity contribution in [2.75, 3.05) is 0 Å². The Kier molecular flexibility index (Phi) is 9.78. The van der Waals surface area contributed by atoms with Crippen LogP contribution in [0.5, 0.6) is 0 Å². The third-order valence-electron chi connectivity index (χ3n) is 14.8. The van der Waals surface area contributed by atoms with Gasteiger partial charge in [-0.1, -0.05) is 218 Å². The number of nitrogens with zero attached hydrogens (tertiary/aromatic N) is 5. The summed E-state index contributed by atoms with van der Waals surface area (Å²) < 4.78 is 11.3. The number of hydrogen-bond donors (Lipinski definition) is 0. The van der Waals surface area contributed by atoms with E-state index in [4.69, 9.17) is 19.4 Å². The average Bonchev–Trinajstić information content (AvgIpc) is 4.19. The van der Waals surface area contributed by atoms with E-state index in [0.29, 0.717) is 17.6 Å². The van der Waals surface area contributed by atoms with E-state index in [1.165, 1.54) is 10.8 Å². The highest BCUT2D eigenvalue weighted by atomic mass is 16.3. The molecule has 0 radical (unpaired) electrons. The molecular formula is C69H43N5O. The largest absolute Gasteiger partial charge is 0.455 e. The van der Waals surface area contributed by atoms with Gasteiger partial charge in [-0.05, 0) is 70.3 Å². The topological polar surface area (TPSA) is 61.7 Å². The number of furan rings is 1. The number of rotatable bonds is 8. The van der Waals surface area contributed by atoms with Crippen LogP contribution in [0.1, 0.15) is 0 Å². The lowest BCUT2D eigenvalue weighted by Gasteiger charge is -2.17. The molecule has 15 aromatic rings. The summed E-state index contributed by atoms with van der Waals surface area (Å²) in [6.45, 7) is 0. The summed E-state index contributed by atoms with van der Waals surface area (Å²) in [5, 5.41) is 6.79. The van der Waals surface area contributed by atoms with Crippen molar-refractivity contribution in [2.45, 2.75) is 0 Å². The molecule has 0 unspecified atom stereocenters. The van der Waals surface area contributed by atoms with E-state index in [2.05, 4.69) is 252 Å². The molecule has 0 bridgehead atoms. The molecule has 0 saturated carbocycles. The molecule has 0 spiro atoms. The minimum atomic E-state index is 0.517. The lowest BCUT2D eigenvalue weighted by atomic mass is 9.96. The highest BCUT2D eigenvalue weighted by Crippen LogP contribution is 2.43. The van der Waals surface area contributed by atoms with E-state index in [-0.39, 0.29) is 0 Å². The molecule has 0 aliphatic rings. The van der Waals surface area contributed by atoms with Gasteiger partial charge in [-0.25, -0.2) is 4.98 Å². The quantitative estimate of drug-likeness (QED) is 0.152. The highest BCUT2D eigenvalue weighted by Gasteiger charge is 2.23. The fraction of sp³-hybridized carbons (Fsp3) is 0. The SMILES string of the molecule is c1ccc(-c2cccc(-c3nc(-c4ccc(-c5cc(-c6ccccc6)ccc5-n5c6ccccc6c6ccccc65)cc4)nc(-n4c5ccccc5c5cccc(-c6cccc7c6oc6ccccc67)c54)n3)c2)cc1. The predicted octanol–water partition coefficient (Wildman–Crippen LogP) is 18.0. The van der Waals surface area contributed by atoms with E-state index in [0.717, 1.165) is 116 Å². The standard InChI is InChI=1S/C69H43N5O/c1-3-18-44(19-4-1)48-22-15-23-50(42-48)68-70-67(71-69(72-68)74-62-34-13-9-26-53(62)55-28-16-29-56(65(55)74)58-31-17-30-57-54-27-10-14-35-64(54)75-66(57)58)47-38-36-46(37-39-47)59-43-49(45-20-5-2-6-21-45)40-41-63(59)73-60-32-11-7-24-51(60)52-25-8-12-33-61(52)73/h1-43H. The molecule has 0 aliphatic carbocycles. The van der Waals surface area contributed by atoms with Crippen LogP contribution in [0.15, 0.2) is 265 Å². The maximum Gasteiger partial charge on any atom is 0.238 e. The summed E-state index contributed by atoms with van der Waals surface area (Å²) in [5.41, 5.74) is 17.6. The van der Waals surface area contributed by atoms with Gasteiger partial charge in [0.15, 0.2) is 11.6 Å². The fourth-order valence-electron chi connectivity index (χ4n) is 11.3. The first-order valence-electron chi connectivity index (χ1n) is 25.3. The van der Waals surface area contributed by atoms with Gasteiger partial charge in [0.2, 0.25) is 5.95 Å². The lowest BCUT2D eigenvalue weighted by Crippen LogP contribution is -2.07. The molecule has 4 heterocycles. The maximum atomic E-state index is 6.69. The normalized spacial score (nSPS) is 11.7. The van der Waals surface area contributed by atoms with Crippen molar-refractivity contribution >= 4 is 65.6 Å². The van der Waals surface area contributed by atoms with Gasteiger partial charge in [0.05, 0.1) is 27.8 Å². The Morgan fingerprint density at radius 3 is 1.45 bits per heavy atom. The Labute approximate surface area is 431 Å². The van der Waals surface area contributed by atoms with Crippen LogP contribution in [-0.4, -0.2) is 24.1 Å². The fourth-order valence-corrected chi connectivity index (χ4v) is 11.3. The average molecular weight is 958 g/mol. The Hall–Kier alpha value is -10.2. The molecule has 0 aliphatic heterocycles. The van der Waals surface area contributed by atoms with Gasteiger partial charge in [0.1, 0.15) is 11.2 Å². The van der Waals surface area contributed by atoms with Crippen molar-refractivity contribution in [1.82, 2.24) is 24.1 Å². The van der Waals surface area contributed by atoms with Crippen molar-refractivity contribution in [3.63, 3.8) is 0 Å². The molecule has 0 atom stereocenters. The van der Waals surface area contributed by atoms with Crippen LogP contribution in [0.4, 0.5) is 0 Å². The van der Waals surface area contributed by atoms with Crippen LogP contribution >= 0.6 is 0 Å². The van der Waals surface area contributed by atoms with Crippen LogP contribution < -0.4 is 0 Å². The van der Waals surface area contributed by atoms with Gasteiger partial charge >= 0.3 is 0 Å². The summed E-state index contributed by atoms with van der Waals surface area (Å²) in [6, 6.07) is 92.2. The van der Waals surface area contributed by atoms with Crippen LogP contribution in [0.25, 0.3) is 144 Å².